The molecule has 0 amide bonds. The summed E-state index contributed by atoms with van der Waals surface area (Å²) in [6, 6.07) is 0. The second kappa shape index (κ2) is 6.19. The van der Waals surface area contributed by atoms with Crippen LogP contribution >= 0.6 is 0 Å². The van der Waals surface area contributed by atoms with E-state index in [0.717, 1.165) is 12.0 Å². The van der Waals surface area contributed by atoms with Gasteiger partial charge in [-0.2, -0.15) is 0 Å². The molecule has 0 radical (unpaired) electrons. The first-order chi connectivity index (χ1) is 5.34. The molecule has 1 rings (SSSR count). The van der Waals surface area contributed by atoms with E-state index in [1.165, 1.54) is 6.26 Å². The van der Waals surface area contributed by atoms with Gasteiger partial charge in [-0.1, -0.05) is 13.8 Å². The van der Waals surface area contributed by atoms with Crippen LogP contribution in [0, 0.1) is 0 Å². The largest absolute Gasteiger partial charge is 0.501 e. The van der Waals surface area contributed by atoms with Crippen LogP contribution < -0.4 is 0 Å². The van der Waals surface area contributed by atoms with Gasteiger partial charge in [0.1, 0.15) is 6.10 Å². The molecule has 0 fully saturated rings. The molecule has 0 aromatic rings. The van der Waals surface area contributed by atoms with Gasteiger partial charge < -0.3 is 14.9 Å². The predicted octanol–water partition coefficient (Wildman–Crippen LogP) is 0.670. The molecule has 0 saturated heterocycles. The van der Waals surface area contributed by atoms with Crippen molar-refractivity contribution in [2.75, 3.05) is 13.2 Å². The second-order valence-corrected chi connectivity index (χ2v) is 2.01. The van der Waals surface area contributed by atoms with E-state index in [0.29, 0.717) is 6.61 Å². The average Bonchev–Trinajstić information content (AvgIpc) is 2.59. The molecule has 3 heteroatoms. The molecule has 0 aromatic carbocycles. The summed E-state index contributed by atoms with van der Waals surface area (Å²) in [6.07, 6.45) is 1.54. The van der Waals surface area contributed by atoms with Crippen LogP contribution in [0.4, 0.5) is 0 Å². The van der Waals surface area contributed by atoms with E-state index in [2.05, 4.69) is 0 Å². The Morgan fingerprint density at radius 3 is 2.64 bits per heavy atom. The maximum absolute atomic E-state index is 8.96. The molecule has 1 aliphatic rings. The standard InChI is InChI=1S/C6H10O3.C2H6/c7-3-6(8)5-1-2-9-4-5;1-2/h4,6-8H,1-3H2;1-2H3. The Hall–Kier alpha value is -0.540. The monoisotopic (exact) mass is 160 g/mol. The predicted molar refractivity (Wildman–Crippen MR) is 43.1 cm³/mol. The number of ether oxygens (including phenoxy) is 1. The third kappa shape index (κ3) is 3.39. The van der Waals surface area contributed by atoms with Crippen LogP contribution in [-0.2, 0) is 4.74 Å². The van der Waals surface area contributed by atoms with Crippen LogP contribution in [0.5, 0.6) is 0 Å². The zero-order valence-corrected chi connectivity index (χ0v) is 7.08. The molecule has 1 atom stereocenters. The van der Waals surface area contributed by atoms with Crippen molar-refractivity contribution in [3.05, 3.63) is 11.8 Å². The zero-order valence-electron chi connectivity index (χ0n) is 7.08. The molecule has 11 heavy (non-hydrogen) atoms. The van der Waals surface area contributed by atoms with E-state index >= 15 is 0 Å². The molecule has 0 aromatic heterocycles. The molecule has 66 valence electrons. The van der Waals surface area contributed by atoms with Gasteiger partial charge in [0.05, 0.1) is 19.5 Å². The maximum atomic E-state index is 8.96. The molecule has 1 heterocycles. The number of aliphatic hydroxyl groups excluding tert-OH is 2. The highest BCUT2D eigenvalue weighted by molar-refractivity contribution is 5.07. The summed E-state index contributed by atoms with van der Waals surface area (Å²) in [4.78, 5) is 0. The quantitative estimate of drug-likeness (QED) is 0.624. The topological polar surface area (TPSA) is 49.7 Å². The van der Waals surface area contributed by atoms with Crippen LogP contribution in [0.2, 0.25) is 0 Å². The van der Waals surface area contributed by atoms with Crippen LogP contribution in [-0.4, -0.2) is 29.5 Å². The lowest BCUT2D eigenvalue weighted by Crippen LogP contribution is -2.13. The highest BCUT2D eigenvalue weighted by Gasteiger charge is 2.13. The van der Waals surface area contributed by atoms with Crippen LogP contribution in [0.1, 0.15) is 20.3 Å². The van der Waals surface area contributed by atoms with Gasteiger partial charge in [-0.05, 0) is 5.57 Å². The molecule has 0 aliphatic carbocycles. The zero-order chi connectivity index (χ0) is 8.69. The molecule has 1 aliphatic heterocycles. The first kappa shape index (κ1) is 10.5. The van der Waals surface area contributed by atoms with Crippen molar-refractivity contribution in [2.24, 2.45) is 0 Å². The van der Waals surface area contributed by atoms with Gasteiger partial charge in [-0.3, -0.25) is 0 Å². The summed E-state index contributed by atoms with van der Waals surface area (Å²) in [5.74, 6) is 0. The summed E-state index contributed by atoms with van der Waals surface area (Å²) in [7, 11) is 0. The van der Waals surface area contributed by atoms with E-state index in [1.54, 1.807) is 0 Å². The highest BCUT2D eigenvalue weighted by atomic mass is 16.5. The Bertz CT molecular complexity index is 121. The third-order valence-electron chi connectivity index (χ3n) is 1.34. The second-order valence-electron chi connectivity index (χ2n) is 2.01. The lowest BCUT2D eigenvalue weighted by atomic mass is 10.1. The summed E-state index contributed by atoms with van der Waals surface area (Å²) >= 11 is 0. The Morgan fingerprint density at radius 1 is 1.64 bits per heavy atom. The average molecular weight is 160 g/mol. The van der Waals surface area contributed by atoms with E-state index in [9.17, 15) is 0 Å². The van der Waals surface area contributed by atoms with Gasteiger partial charge in [0, 0.05) is 6.42 Å². The Morgan fingerprint density at radius 2 is 2.27 bits per heavy atom. The smallest absolute Gasteiger partial charge is 0.101 e. The van der Waals surface area contributed by atoms with Crippen molar-refractivity contribution >= 4 is 0 Å². The van der Waals surface area contributed by atoms with Crippen molar-refractivity contribution in [1.82, 2.24) is 0 Å². The molecule has 0 bridgehead atoms. The van der Waals surface area contributed by atoms with E-state index in [-0.39, 0.29) is 6.61 Å². The fourth-order valence-electron chi connectivity index (χ4n) is 0.764. The molecule has 0 spiro atoms. The van der Waals surface area contributed by atoms with Crippen molar-refractivity contribution in [3.63, 3.8) is 0 Å². The van der Waals surface area contributed by atoms with Gasteiger partial charge >= 0.3 is 0 Å². The van der Waals surface area contributed by atoms with Crippen molar-refractivity contribution in [2.45, 2.75) is 26.4 Å². The minimum atomic E-state index is -0.715. The summed E-state index contributed by atoms with van der Waals surface area (Å²) < 4.78 is 4.85. The molecule has 2 N–H and O–H groups in total. The van der Waals surface area contributed by atoms with Gasteiger partial charge in [0.15, 0.2) is 0 Å². The Kier molecular flexibility index (Phi) is 5.88. The van der Waals surface area contributed by atoms with Crippen LogP contribution in [0.3, 0.4) is 0 Å². The minimum absolute atomic E-state index is 0.213. The van der Waals surface area contributed by atoms with Gasteiger partial charge in [0.25, 0.3) is 0 Å². The molecular weight excluding hydrogens is 144 g/mol. The van der Waals surface area contributed by atoms with Gasteiger partial charge in [-0.25, -0.2) is 0 Å². The fourth-order valence-corrected chi connectivity index (χ4v) is 0.764. The highest BCUT2D eigenvalue weighted by Crippen LogP contribution is 2.13. The van der Waals surface area contributed by atoms with Gasteiger partial charge in [-0.15, -0.1) is 0 Å². The number of rotatable bonds is 2. The normalized spacial score (nSPS) is 17.6. The summed E-state index contributed by atoms with van der Waals surface area (Å²) in [6.45, 7) is 4.42. The first-order valence-corrected chi connectivity index (χ1v) is 3.94. The molecular formula is C8H16O3. The third-order valence-corrected chi connectivity index (χ3v) is 1.34. The van der Waals surface area contributed by atoms with Gasteiger partial charge in [0.2, 0.25) is 0 Å². The Labute approximate surface area is 67.3 Å². The molecule has 3 nitrogen and oxygen atoms in total. The number of aliphatic hydroxyl groups is 2. The molecule has 0 saturated carbocycles. The van der Waals surface area contributed by atoms with Crippen molar-refractivity contribution < 1.29 is 14.9 Å². The van der Waals surface area contributed by atoms with Crippen LogP contribution in [0.15, 0.2) is 11.8 Å². The van der Waals surface area contributed by atoms with Crippen LogP contribution in [0.25, 0.3) is 0 Å². The van der Waals surface area contributed by atoms with E-state index in [1.807, 2.05) is 13.8 Å². The lowest BCUT2D eigenvalue weighted by Gasteiger charge is -2.03. The minimum Gasteiger partial charge on any atom is -0.501 e. The maximum Gasteiger partial charge on any atom is 0.101 e. The number of hydrogen-bond acceptors (Lipinski definition) is 3. The summed E-state index contributed by atoms with van der Waals surface area (Å²) in [5.41, 5.74) is 0.789. The SMILES string of the molecule is CC.OCC(O)C1=COCC1. The van der Waals surface area contributed by atoms with E-state index < -0.39 is 6.10 Å². The lowest BCUT2D eigenvalue weighted by molar-refractivity contribution is 0.121. The van der Waals surface area contributed by atoms with Crippen molar-refractivity contribution in [3.8, 4) is 0 Å². The Balaban J connectivity index is 0.000000461. The first-order valence-electron chi connectivity index (χ1n) is 3.94. The van der Waals surface area contributed by atoms with Crippen molar-refractivity contribution in [1.29, 1.82) is 0 Å². The fraction of sp³-hybridized carbons (Fsp3) is 0.750. The summed E-state index contributed by atoms with van der Waals surface area (Å²) in [5, 5.41) is 17.4. The molecule has 1 unspecified atom stereocenters. The number of hydrogen-bond donors (Lipinski definition) is 2. The van der Waals surface area contributed by atoms with E-state index in [4.69, 9.17) is 14.9 Å².